The molecule has 4 rings (SSSR count). The highest BCUT2D eigenvalue weighted by molar-refractivity contribution is 5.55. The maximum Gasteiger partial charge on any atom is 0.146 e. The summed E-state index contributed by atoms with van der Waals surface area (Å²) in [5, 5.41) is 6.67. The van der Waals surface area contributed by atoms with Crippen molar-refractivity contribution in [3.8, 4) is 0 Å². The van der Waals surface area contributed by atoms with E-state index >= 15 is 0 Å². The zero-order valence-electron chi connectivity index (χ0n) is 21.1. The molecular formula is C29H33F3N4O. The molecule has 1 saturated heterocycles. The Labute approximate surface area is 215 Å². The number of hydrogen-bond acceptors (Lipinski definition) is 5. The van der Waals surface area contributed by atoms with Gasteiger partial charge in [0.25, 0.3) is 0 Å². The molecule has 2 aromatic carbocycles. The van der Waals surface area contributed by atoms with Crippen LogP contribution in [0.4, 0.5) is 18.9 Å². The van der Waals surface area contributed by atoms with E-state index in [2.05, 4.69) is 22.5 Å². The summed E-state index contributed by atoms with van der Waals surface area (Å²) in [6, 6.07) is 11.8. The summed E-state index contributed by atoms with van der Waals surface area (Å²) in [4.78, 5) is 4.04. The predicted molar refractivity (Wildman–Crippen MR) is 140 cm³/mol. The fraction of sp³-hybridized carbons (Fsp3) is 0.345. The van der Waals surface area contributed by atoms with Gasteiger partial charge in [-0.05, 0) is 62.1 Å². The molecule has 0 saturated carbocycles. The lowest BCUT2D eigenvalue weighted by Crippen LogP contribution is -2.44. The molecule has 0 amide bonds. The van der Waals surface area contributed by atoms with Crippen LogP contribution in [0.25, 0.3) is 0 Å². The first-order valence-electron chi connectivity index (χ1n) is 12.5. The van der Waals surface area contributed by atoms with E-state index < -0.39 is 23.6 Å². The number of nitrogens with one attached hydrogen (secondary N) is 2. The quantitative estimate of drug-likeness (QED) is 0.365. The highest BCUT2D eigenvalue weighted by Crippen LogP contribution is 2.32. The third-order valence-electron chi connectivity index (χ3n) is 6.74. The molecule has 1 fully saturated rings. The number of allylic oxidation sites excluding steroid dienone is 1. The number of ether oxygens (including phenoxy) is 1. The molecule has 0 bridgehead atoms. The van der Waals surface area contributed by atoms with E-state index in [1.54, 1.807) is 30.5 Å². The topological polar surface area (TPSA) is 72.2 Å². The van der Waals surface area contributed by atoms with Crippen molar-refractivity contribution >= 4 is 5.69 Å². The summed E-state index contributed by atoms with van der Waals surface area (Å²) in [5.74, 6) is -1.66. The summed E-state index contributed by atoms with van der Waals surface area (Å²) in [6.07, 6.45) is 5.68. The van der Waals surface area contributed by atoms with Gasteiger partial charge in [0.05, 0.1) is 36.8 Å². The normalized spacial score (nSPS) is 19.9. The van der Waals surface area contributed by atoms with Crippen LogP contribution < -0.4 is 16.4 Å². The number of aromatic nitrogens is 1. The number of pyridine rings is 1. The molecule has 0 unspecified atom stereocenters. The van der Waals surface area contributed by atoms with Crippen molar-refractivity contribution in [2.45, 2.75) is 50.8 Å². The Bertz CT molecular complexity index is 1210. The minimum Gasteiger partial charge on any atom is -0.375 e. The largest absolute Gasteiger partial charge is 0.375 e. The Kier molecular flexibility index (Phi) is 8.97. The number of morpholine rings is 1. The van der Waals surface area contributed by atoms with Crippen molar-refractivity contribution in [1.29, 1.82) is 0 Å². The first kappa shape index (κ1) is 26.9. The van der Waals surface area contributed by atoms with Crippen LogP contribution in [0, 0.1) is 17.5 Å². The number of rotatable bonds is 9. The van der Waals surface area contributed by atoms with Gasteiger partial charge < -0.3 is 21.1 Å². The third-order valence-corrected chi connectivity index (χ3v) is 6.74. The van der Waals surface area contributed by atoms with Gasteiger partial charge in [-0.2, -0.15) is 0 Å². The minimum absolute atomic E-state index is 0.00380. The fourth-order valence-electron chi connectivity index (χ4n) is 4.71. The molecule has 0 spiro atoms. The van der Waals surface area contributed by atoms with E-state index in [1.807, 2.05) is 13.0 Å². The van der Waals surface area contributed by atoms with Crippen molar-refractivity contribution in [3.05, 3.63) is 107 Å². The zero-order valence-corrected chi connectivity index (χ0v) is 21.1. The second-order valence-corrected chi connectivity index (χ2v) is 9.43. The molecule has 2 heterocycles. The van der Waals surface area contributed by atoms with Crippen LogP contribution in [0.5, 0.6) is 0 Å². The lowest BCUT2D eigenvalue weighted by atomic mass is 9.83. The Morgan fingerprint density at radius 1 is 1.14 bits per heavy atom. The molecule has 0 aliphatic carbocycles. The molecule has 5 nitrogen and oxygen atoms in total. The number of benzene rings is 2. The number of anilines is 1. The van der Waals surface area contributed by atoms with E-state index in [0.717, 1.165) is 5.56 Å². The second kappa shape index (κ2) is 12.4. The van der Waals surface area contributed by atoms with Gasteiger partial charge in [-0.25, -0.2) is 13.2 Å². The van der Waals surface area contributed by atoms with Crippen LogP contribution in [0.15, 0.2) is 72.7 Å². The summed E-state index contributed by atoms with van der Waals surface area (Å²) in [7, 11) is 0. The Balaban J connectivity index is 1.59. The van der Waals surface area contributed by atoms with Gasteiger partial charge in [0.15, 0.2) is 0 Å². The van der Waals surface area contributed by atoms with Crippen LogP contribution in [0.2, 0.25) is 0 Å². The molecule has 0 radical (unpaired) electrons. The molecule has 1 aliphatic rings. The highest BCUT2D eigenvalue weighted by atomic mass is 19.1. The van der Waals surface area contributed by atoms with Crippen LogP contribution >= 0.6 is 0 Å². The van der Waals surface area contributed by atoms with Crippen molar-refractivity contribution in [2.75, 3.05) is 18.5 Å². The number of halogens is 3. The predicted octanol–water partition coefficient (Wildman–Crippen LogP) is 5.28. The Morgan fingerprint density at radius 3 is 2.59 bits per heavy atom. The van der Waals surface area contributed by atoms with Gasteiger partial charge >= 0.3 is 0 Å². The Hall–Kier alpha value is -3.20. The van der Waals surface area contributed by atoms with Crippen LogP contribution in [0.1, 0.15) is 42.9 Å². The zero-order chi connectivity index (χ0) is 26.4. The lowest BCUT2D eigenvalue weighted by Gasteiger charge is -2.29. The second-order valence-electron chi connectivity index (χ2n) is 9.43. The van der Waals surface area contributed by atoms with E-state index in [0.29, 0.717) is 54.5 Å². The van der Waals surface area contributed by atoms with Gasteiger partial charge in [-0.15, -0.1) is 0 Å². The van der Waals surface area contributed by atoms with Gasteiger partial charge in [-0.3, -0.25) is 4.98 Å². The minimum atomic E-state index is -0.666. The molecule has 4 atom stereocenters. The monoisotopic (exact) mass is 510 g/mol. The molecular weight excluding hydrogens is 477 g/mol. The summed E-state index contributed by atoms with van der Waals surface area (Å²) in [6.45, 7) is 5.22. The van der Waals surface area contributed by atoms with Gasteiger partial charge in [0, 0.05) is 29.8 Å². The number of nitrogens with two attached hydrogens (primary N) is 1. The standard InChI is InChI=1S/C29H33F3N4O/c1-3-26(29(33)28(19-7-9-21(30)10-8-19)20-5-4-6-22(31)13-20)36-27-16-34-15-25(32)24(27)12-11-23-14-35-18(2)17-37-23/h3-10,13,15-16,18,23,28-29,35-36H,11-12,14,17,33H2,1-2H3/t18-,23-,28-,29-/m1/s1. The first-order chi connectivity index (χ1) is 17.9. The fourth-order valence-corrected chi connectivity index (χ4v) is 4.71. The van der Waals surface area contributed by atoms with Crippen LogP contribution in [0.3, 0.4) is 0 Å². The SMILES string of the molecule is CC=C(Nc1cncc(F)c1CC[C@@H]1CN[C@H](C)CO1)[C@@H](N)[C@H](c1ccc(F)cc1)c1cccc(F)c1. The maximum atomic E-state index is 14.9. The molecule has 4 N–H and O–H groups in total. The average molecular weight is 511 g/mol. The van der Waals surface area contributed by atoms with Gasteiger partial charge in [-0.1, -0.05) is 30.3 Å². The molecule has 196 valence electrons. The van der Waals surface area contributed by atoms with Gasteiger partial charge in [0.2, 0.25) is 0 Å². The highest BCUT2D eigenvalue weighted by Gasteiger charge is 2.27. The van der Waals surface area contributed by atoms with E-state index in [-0.39, 0.29) is 11.9 Å². The van der Waals surface area contributed by atoms with Crippen LogP contribution in [-0.2, 0) is 11.2 Å². The average Bonchev–Trinajstić information content (AvgIpc) is 2.89. The van der Waals surface area contributed by atoms with Crippen molar-refractivity contribution in [2.24, 2.45) is 5.73 Å². The van der Waals surface area contributed by atoms with Gasteiger partial charge in [0.1, 0.15) is 17.5 Å². The molecule has 1 aliphatic heterocycles. The summed E-state index contributed by atoms with van der Waals surface area (Å²) in [5.41, 5.74) is 9.77. The number of nitrogens with zero attached hydrogens (tertiary/aromatic N) is 1. The van der Waals surface area contributed by atoms with Crippen molar-refractivity contribution < 1.29 is 17.9 Å². The van der Waals surface area contributed by atoms with Crippen molar-refractivity contribution in [3.63, 3.8) is 0 Å². The molecule has 3 aromatic rings. The maximum absolute atomic E-state index is 14.9. The van der Waals surface area contributed by atoms with Crippen LogP contribution in [-0.4, -0.2) is 36.3 Å². The number of hydrogen-bond donors (Lipinski definition) is 3. The first-order valence-corrected chi connectivity index (χ1v) is 12.5. The molecule has 1 aromatic heterocycles. The Morgan fingerprint density at radius 2 is 1.92 bits per heavy atom. The summed E-state index contributed by atoms with van der Waals surface area (Å²) >= 11 is 0. The van der Waals surface area contributed by atoms with Crippen molar-refractivity contribution in [1.82, 2.24) is 10.3 Å². The molecule has 37 heavy (non-hydrogen) atoms. The van der Waals surface area contributed by atoms with E-state index in [4.69, 9.17) is 10.5 Å². The smallest absolute Gasteiger partial charge is 0.146 e. The molecule has 8 heteroatoms. The summed E-state index contributed by atoms with van der Waals surface area (Å²) < 4.78 is 48.6. The lowest BCUT2D eigenvalue weighted by molar-refractivity contribution is 0.00389. The van der Waals surface area contributed by atoms with E-state index in [1.165, 1.54) is 30.5 Å². The third kappa shape index (κ3) is 6.77. The van der Waals surface area contributed by atoms with E-state index in [9.17, 15) is 13.2 Å².